The summed E-state index contributed by atoms with van der Waals surface area (Å²) in [6, 6.07) is 8.61. The lowest BCUT2D eigenvalue weighted by atomic mass is 10.0. The number of Topliss-reactive ketones (excluding diaryl/α,β-unsaturated/α-hetero) is 1. The van der Waals surface area contributed by atoms with Gasteiger partial charge in [-0.2, -0.15) is 0 Å². The van der Waals surface area contributed by atoms with Crippen molar-refractivity contribution in [2.45, 2.75) is 6.92 Å². The van der Waals surface area contributed by atoms with Gasteiger partial charge in [0.25, 0.3) is 0 Å². The van der Waals surface area contributed by atoms with Crippen molar-refractivity contribution >= 4 is 5.78 Å². The molecular weight excluding hydrogens is 250 g/mol. The SMILES string of the molecule is COc1cccc(-c2ccc(F)c(C(C)=O)c2)c1F. The zero-order chi connectivity index (χ0) is 14.0. The lowest BCUT2D eigenvalue weighted by Crippen LogP contribution is -1.98. The summed E-state index contributed by atoms with van der Waals surface area (Å²) in [5.41, 5.74) is 0.643. The highest BCUT2D eigenvalue weighted by molar-refractivity contribution is 5.95. The molecule has 0 aliphatic heterocycles. The monoisotopic (exact) mass is 262 g/mol. The van der Waals surface area contributed by atoms with Crippen molar-refractivity contribution in [2.24, 2.45) is 0 Å². The first kappa shape index (κ1) is 13.2. The maximum absolute atomic E-state index is 14.1. The van der Waals surface area contributed by atoms with Crippen molar-refractivity contribution in [1.29, 1.82) is 0 Å². The molecule has 0 aliphatic rings. The molecule has 0 saturated carbocycles. The van der Waals surface area contributed by atoms with Crippen molar-refractivity contribution in [2.75, 3.05) is 7.11 Å². The van der Waals surface area contributed by atoms with E-state index < -0.39 is 17.4 Å². The third-order valence-electron chi connectivity index (χ3n) is 2.84. The molecule has 0 atom stereocenters. The lowest BCUT2D eigenvalue weighted by molar-refractivity contribution is 0.101. The fraction of sp³-hybridized carbons (Fsp3) is 0.133. The molecule has 2 aromatic carbocycles. The Hall–Kier alpha value is -2.23. The van der Waals surface area contributed by atoms with Gasteiger partial charge in [0.1, 0.15) is 5.82 Å². The average molecular weight is 262 g/mol. The van der Waals surface area contributed by atoms with E-state index in [0.717, 1.165) is 6.07 Å². The first-order valence-corrected chi connectivity index (χ1v) is 5.68. The first-order chi connectivity index (χ1) is 9.04. The van der Waals surface area contributed by atoms with Crippen LogP contribution in [0.4, 0.5) is 8.78 Å². The average Bonchev–Trinajstić information content (AvgIpc) is 2.39. The van der Waals surface area contributed by atoms with Gasteiger partial charge in [0.15, 0.2) is 17.3 Å². The van der Waals surface area contributed by atoms with Crippen LogP contribution in [0, 0.1) is 11.6 Å². The van der Waals surface area contributed by atoms with Crippen molar-refractivity contribution in [1.82, 2.24) is 0 Å². The van der Waals surface area contributed by atoms with Gasteiger partial charge in [0, 0.05) is 5.56 Å². The van der Waals surface area contributed by atoms with Gasteiger partial charge in [-0.3, -0.25) is 4.79 Å². The molecule has 2 rings (SSSR count). The van der Waals surface area contributed by atoms with Crippen LogP contribution in [0.15, 0.2) is 36.4 Å². The molecule has 0 aliphatic carbocycles. The molecule has 2 aromatic rings. The Kier molecular flexibility index (Phi) is 3.60. The zero-order valence-electron chi connectivity index (χ0n) is 10.5. The minimum absolute atomic E-state index is 0.0558. The summed E-state index contributed by atoms with van der Waals surface area (Å²) >= 11 is 0. The number of methoxy groups -OCH3 is 1. The molecule has 0 amide bonds. The highest BCUT2D eigenvalue weighted by atomic mass is 19.1. The predicted octanol–water partition coefficient (Wildman–Crippen LogP) is 3.84. The Balaban J connectivity index is 2.60. The van der Waals surface area contributed by atoms with Crippen LogP contribution < -0.4 is 4.74 Å². The van der Waals surface area contributed by atoms with E-state index in [2.05, 4.69) is 0 Å². The van der Waals surface area contributed by atoms with Gasteiger partial charge in [-0.1, -0.05) is 18.2 Å². The molecule has 19 heavy (non-hydrogen) atoms. The molecule has 0 aromatic heterocycles. The van der Waals surface area contributed by atoms with Crippen LogP contribution in [-0.2, 0) is 0 Å². The molecule has 0 saturated heterocycles. The number of halogens is 2. The molecule has 0 heterocycles. The Morgan fingerprint density at radius 2 is 1.89 bits per heavy atom. The van der Waals surface area contributed by atoms with Crippen LogP contribution in [-0.4, -0.2) is 12.9 Å². The molecule has 0 bridgehead atoms. The van der Waals surface area contributed by atoms with Crippen LogP contribution in [0.3, 0.4) is 0 Å². The van der Waals surface area contributed by atoms with Crippen LogP contribution in [0.5, 0.6) is 5.75 Å². The third-order valence-corrected chi connectivity index (χ3v) is 2.84. The van der Waals surface area contributed by atoms with Gasteiger partial charge in [-0.05, 0) is 30.7 Å². The molecule has 0 radical (unpaired) electrons. The lowest BCUT2D eigenvalue weighted by Gasteiger charge is -2.09. The number of rotatable bonds is 3. The van der Waals surface area contributed by atoms with Crippen LogP contribution in [0.25, 0.3) is 11.1 Å². The Morgan fingerprint density at radius 1 is 1.16 bits per heavy atom. The highest BCUT2D eigenvalue weighted by Gasteiger charge is 2.13. The second kappa shape index (κ2) is 5.18. The molecule has 0 unspecified atom stereocenters. The van der Waals surface area contributed by atoms with Gasteiger partial charge >= 0.3 is 0 Å². The summed E-state index contributed by atoms with van der Waals surface area (Å²) in [6.45, 7) is 1.27. The van der Waals surface area contributed by atoms with E-state index in [1.807, 2.05) is 0 Å². The van der Waals surface area contributed by atoms with Crippen LogP contribution in [0.1, 0.15) is 17.3 Å². The third kappa shape index (κ3) is 2.47. The molecule has 0 spiro atoms. The number of benzene rings is 2. The second-order valence-electron chi connectivity index (χ2n) is 4.07. The summed E-state index contributed by atoms with van der Waals surface area (Å²) in [5.74, 6) is -1.44. The second-order valence-corrected chi connectivity index (χ2v) is 4.07. The molecular formula is C15H12F2O2. The van der Waals surface area contributed by atoms with Gasteiger partial charge in [-0.25, -0.2) is 8.78 Å². The summed E-state index contributed by atoms with van der Waals surface area (Å²) < 4.78 is 32.4. The highest BCUT2D eigenvalue weighted by Crippen LogP contribution is 2.30. The normalized spacial score (nSPS) is 10.3. The first-order valence-electron chi connectivity index (χ1n) is 5.68. The van der Waals surface area contributed by atoms with E-state index in [9.17, 15) is 13.6 Å². The van der Waals surface area contributed by atoms with E-state index >= 15 is 0 Å². The molecule has 0 fully saturated rings. The van der Waals surface area contributed by atoms with Gasteiger partial charge in [0.05, 0.1) is 12.7 Å². The Bertz CT molecular complexity index is 636. The smallest absolute Gasteiger partial charge is 0.172 e. The summed E-state index contributed by atoms with van der Waals surface area (Å²) in [6.07, 6.45) is 0. The van der Waals surface area contributed by atoms with Crippen molar-refractivity contribution < 1.29 is 18.3 Å². The summed E-state index contributed by atoms with van der Waals surface area (Å²) in [7, 11) is 1.37. The van der Waals surface area contributed by atoms with E-state index in [1.54, 1.807) is 12.1 Å². The van der Waals surface area contributed by atoms with E-state index in [0.29, 0.717) is 5.56 Å². The number of carbonyl (C=O) groups excluding carboxylic acids is 1. The summed E-state index contributed by atoms with van der Waals surface area (Å²) in [5, 5.41) is 0. The van der Waals surface area contributed by atoms with Gasteiger partial charge in [0.2, 0.25) is 0 Å². The fourth-order valence-corrected chi connectivity index (χ4v) is 1.85. The minimum Gasteiger partial charge on any atom is -0.494 e. The van der Waals surface area contributed by atoms with Gasteiger partial charge < -0.3 is 4.74 Å². The van der Waals surface area contributed by atoms with Crippen molar-refractivity contribution in [3.63, 3.8) is 0 Å². The molecule has 98 valence electrons. The largest absolute Gasteiger partial charge is 0.494 e. The zero-order valence-corrected chi connectivity index (χ0v) is 10.5. The number of carbonyl (C=O) groups is 1. The maximum Gasteiger partial charge on any atom is 0.172 e. The van der Waals surface area contributed by atoms with Crippen molar-refractivity contribution in [3.8, 4) is 16.9 Å². The predicted molar refractivity (Wildman–Crippen MR) is 68.4 cm³/mol. The molecule has 0 N–H and O–H groups in total. The van der Waals surface area contributed by atoms with E-state index in [-0.39, 0.29) is 16.9 Å². The molecule has 4 heteroatoms. The van der Waals surface area contributed by atoms with Crippen LogP contribution >= 0.6 is 0 Å². The van der Waals surface area contributed by atoms with Gasteiger partial charge in [-0.15, -0.1) is 0 Å². The number of ketones is 1. The number of hydrogen-bond acceptors (Lipinski definition) is 2. The molecule has 2 nitrogen and oxygen atoms in total. The minimum atomic E-state index is -0.612. The van der Waals surface area contributed by atoms with E-state index in [1.165, 1.54) is 32.2 Å². The van der Waals surface area contributed by atoms with E-state index in [4.69, 9.17) is 4.74 Å². The quantitative estimate of drug-likeness (QED) is 0.785. The van der Waals surface area contributed by atoms with Crippen molar-refractivity contribution in [3.05, 3.63) is 53.6 Å². The Labute approximate surface area is 109 Å². The number of hydrogen-bond donors (Lipinski definition) is 0. The number of ether oxygens (including phenoxy) is 1. The fourth-order valence-electron chi connectivity index (χ4n) is 1.85. The topological polar surface area (TPSA) is 26.3 Å². The standard InChI is InChI=1S/C15H12F2O2/c1-9(18)12-8-10(6-7-13(12)16)11-4-3-5-14(19-2)15(11)17/h3-8H,1-2H3. The Morgan fingerprint density at radius 3 is 2.53 bits per heavy atom. The van der Waals surface area contributed by atoms with Crippen LogP contribution in [0.2, 0.25) is 0 Å². The summed E-state index contributed by atoms with van der Waals surface area (Å²) in [4.78, 5) is 11.3. The maximum atomic E-state index is 14.1.